The van der Waals surface area contributed by atoms with Crippen LogP contribution in [0.3, 0.4) is 0 Å². The van der Waals surface area contributed by atoms with E-state index < -0.39 is 26.7 Å². The van der Waals surface area contributed by atoms with E-state index >= 15 is 0 Å². The van der Waals surface area contributed by atoms with Gasteiger partial charge in [-0.25, -0.2) is 8.42 Å². The molecule has 2 aliphatic rings. The Kier molecular flexibility index (Phi) is 6.53. The molecule has 0 bridgehead atoms. The molecule has 4 rings (SSSR count). The van der Waals surface area contributed by atoms with Crippen molar-refractivity contribution >= 4 is 15.9 Å². The van der Waals surface area contributed by atoms with Crippen molar-refractivity contribution in [3.8, 4) is 11.5 Å². The molecule has 0 unspecified atom stereocenters. The van der Waals surface area contributed by atoms with Crippen molar-refractivity contribution in [2.24, 2.45) is 5.92 Å². The number of fused-ring (bicyclic) bond motifs is 1. The Hall–Kier alpha value is -2.79. The summed E-state index contributed by atoms with van der Waals surface area (Å²) in [5.41, 5.74) is -0.172. The third kappa shape index (κ3) is 5.25. The molecule has 1 saturated heterocycles. The Labute approximate surface area is 189 Å². The smallest absolute Gasteiger partial charge is 0.416 e. The van der Waals surface area contributed by atoms with Gasteiger partial charge in [-0.05, 0) is 48.7 Å². The summed E-state index contributed by atoms with van der Waals surface area (Å²) in [5, 5.41) is 2.86. The van der Waals surface area contributed by atoms with Crippen LogP contribution in [0.1, 0.15) is 24.0 Å². The van der Waals surface area contributed by atoms with Gasteiger partial charge in [-0.1, -0.05) is 12.1 Å². The lowest BCUT2D eigenvalue weighted by molar-refractivity contribution is -0.137. The van der Waals surface area contributed by atoms with E-state index in [0.29, 0.717) is 30.8 Å². The molecular formula is C22H23F3N2O5S. The molecule has 1 N–H and O–H groups in total. The highest BCUT2D eigenvalue weighted by molar-refractivity contribution is 7.89. The van der Waals surface area contributed by atoms with Gasteiger partial charge in [-0.3, -0.25) is 4.79 Å². The van der Waals surface area contributed by atoms with Crippen LogP contribution in [-0.2, 0) is 27.5 Å². The fourth-order valence-corrected chi connectivity index (χ4v) is 5.39. The first-order valence-corrected chi connectivity index (χ1v) is 11.9. The molecule has 178 valence electrons. The zero-order valence-corrected chi connectivity index (χ0v) is 18.4. The predicted molar refractivity (Wildman–Crippen MR) is 112 cm³/mol. The number of alkyl halides is 3. The summed E-state index contributed by atoms with van der Waals surface area (Å²) in [4.78, 5) is 12.2. The van der Waals surface area contributed by atoms with Gasteiger partial charge >= 0.3 is 6.18 Å². The highest BCUT2D eigenvalue weighted by Crippen LogP contribution is 2.33. The quantitative estimate of drug-likeness (QED) is 0.705. The average Bonchev–Trinajstić information content (AvgIpc) is 2.82. The van der Waals surface area contributed by atoms with E-state index in [9.17, 15) is 26.4 Å². The monoisotopic (exact) mass is 484 g/mol. The number of piperidine rings is 1. The lowest BCUT2D eigenvalue weighted by Crippen LogP contribution is -2.42. The number of amides is 1. The van der Waals surface area contributed by atoms with E-state index in [-0.39, 0.29) is 44.3 Å². The molecule has 0 aliphatic carbocycles. The minimum absolute atomic E-state index is 0.0562. The van der Waals surface area contributed by atoms with Crippen LogP contribution in [0.25, 0.3) is 0 Å². The summed E-state index contributed by atoms with van der Waals surface area (Å²) in [5.74, 6) is 0.711. The fourth-order valence-electron chi connectivity index (χ4n) is 3.87. The van der Waals surface area contributed by atoms with Crippen LogP contribution in [0.2, 0.25) is 0 Å². The number of hydrogen-bond acceptors (Lipinski definition) is 5. The predicted octanol–water partition coefficient (Wildman–Crippen LogP) is 3.19. The molecule has 33 heavy (non-hydrogen) atoms. The number of ether oxygens (including phenoxy) is 2. The van der Waals surface area contributed by atoms with E-state index in [1.54, 1.807) is 12.1 Å². The number of hydrogen-bond donors (Lipinski definition) is 1. The second kappa shape index (κ2) is 9.22. The van der Waals surface area contributed by atoms with Crippen LogP contribution in [0, 0.1) is 5.92 Å². The number of carbonyl (C=O) groups excluding carboxylic acids is 1. The Morgan fingerprint density at radius 2 is 1.73 bits per heavy atom. The molecule has 0 atom stereocenters. The van der Waals surface area contributed by atoms with Crippen LogP contribution in [-0.4, -0.2) is 44.9 Å². The lowest BCUT2D eigenvalue weighted by atomic mass is 9.97. The summed E-state index contributed by atoms with van der Waals surface area (Å²) >= 11 is 0. The third-order valence-corrected chi connectivity index (χ3v) is 7.59. The largest absolute Gasteiger partial charge is 0.486 e. The van der Waals surface area contributed by atoms with Crippen molar-refractivity contribution in [1.29, 1.82) is 0 Å². The molecule has 2 heterocycles. The molecule has 1 amide bonds. The summed E-state index contributed by atoms with van der Waals surface area (Å²) in [6.07, 6.45) is -4.07. The minimum Gasteiger partial charge on any atom is -0.486 e. The van der Waals surface area contributed by atoms with Crippen LogP contribution >= 0.6 is 0 Å². The van der Waals surface area contributed by atoms with Gasteiger partial charge in [0.05, 0.1) is 10.5 Å². The van der Waals surface area contributed by atoms with Crippen LogP contribution in [0.4, 0.5) is 13.2 Å². The Bertz CT molecular complexity index is 1130. The average molecular weight is 484 g/mol. The van der Waals surface area contributed by atoms with Crippen molar-refractivity contribution in [2.75, 3.05) is 26.3 Å². The SMILES string of the molecule is O=C(NCc1ccc2c(c1)OCCO2)C1CCN(S(=O)(=O)c2cccc(C(F)(F)F)c2)CC1. The van der Waals surface area contributed by atoms with E-state index in [1.807, 2.05) is 6.07 Å². The molecule has 0 spiro atoms. The fraction of sp³-hybridized carbons (Fsp3) is 0.409. The topological polar surface area (TPSA) is 84.9 Å². The molecule has 2 aliphatic heterocycles. The van der Waals surface area contributed by atoms with Gasteiger partial charge in [0.25, 0.3) is 0 Å². The van der Waals surface area contributed by atoms with E-state index in [1.165, 1.54) is 0 Å². The lowest BCUT2D eigenvalue weighted by Gasteiger charge is -2.30. The number of sulfonamides is 1. The van der Waals surface area contributed by atoms with Crippen LogP contribution in [0.15, 0.2) is 47.4 Å². The minimum atomic E-state index is -4.63. The molecule has 0 saturated carbocycles. The highest BCUT2D eigenvalue weighted by Gasteiger charge is 2.35. The number of carbonyl (C=O) groups is 1. The molecule has 11 heteroatoms. The summed E-state index contributed by atoms with van der Waals surface area (Å²) in [6, 6.07) is 9.12. The second-order valence-corrected chi connectivity index (χ2v) is 9.84. The van der Waals surface area contributed by atoms with Gasteiger partial charge < -0.3 is 14.8 Å². The first kappa shape index (κ1) is 23.4. The van der Waals surface area contributed by atoms with Crippen molar-refractivity contribution in [3.63, 3.8) is 0 Å². The maximum atomic E-state index is 13.0. The molecular weight excluding hydrogens is 461 g/mol. The van der Waals surface area contributed by atoms with Crippen molar-refractivity contribution in [3.05, 3.63) is 53.6 Å². The first-order valence-electron chi connectivity index (χ1n) is 10.5. The standard InChI is InChI=1S/C22H23F3N2O5S/c23-22(24,25)17-2-1-3-18(13-17)33(29,30)27-8-6-16(7-9-27)21(28)26-14-15-4-5-19-20(12-15)32-11-10-31-19/h1-5,12-13,16H,6-11,14H2,(H,26,28). The number of nitrogens with zero attached hydrogens (tertiary/aromatic N) is 1. The van der Waals surface area contributed by atoms with E-state index in [2.05, 4.69) is 5.32 Å². The number of nitrogens with one attached hydrogen (secondary N) is 1. The maximum absolute atomic E-state index is 13.0. The van der Waals surface area contributed by atoms with Gasteiger partial charge in [0.1, 0.15) is 13.2 Å². The number of rotatable bonds is 5. The Balaban J connectivity index is 1.33. The summed E-state index contributed by atoms with van der Waals surface area (Å²) in [6.45, 7) is 1.36. The van der Waals surface area contributed by atoms with Crippen LogP contribution in [0.5, 0.6) is 11.5 Å². The zero-order valence-electron chi connectivity index (χ0n) is 17.6. The van der Waals surface area contributed by atoms with Gasteiger partial charge in [0, 0.05) is 25.6 Å². The van der Waals surface area contributed by atoms with Crippen molar-refractivity contribution in [2.45, 2.75) is 30.5 Å². The molecule has 2 aromatic rings. The van der Waals surface area contributed by atoms with Gasteiger partial charge in [0.15, 0.2) is 11.5 Å². The molecule has 7 nitrogen and oxygen atoms in total. The van der Waals surface area contributed by atoms with Gasteiger partial charge in [0.2, 0.25) is 15.9 Å². The van der Waals surface area contributed by atoms with E-state index in [4.69, 9.17) is 9.47 Å². The second-order valence-electron chi connectivity index (χ2n) is 7.90. The van der Waals surface area contributed by atoms with Gasteiger partial charge in [-0.15, -0.1) is 0 Å². The molecule has 2 aromatic carbocycles. The zero-order chi connectivity index (χ0) is 23.6. The number of benzene rings is 2. The molecule has 0 radical (unpaired) electrons. The maximum Gasteiger partial charge on any atom is 0.416 e. The molecule has 0 aromatic heterocycles. The number of halogens is 3. The van der Waals surface area contributed by atoms with Crippen molar-refractivity contribution < 1.29 is 35.9 Å². The Morgan fingerprint density at radius 3 is 2.42 bits per heavy atom. The van der Waals surface area contributed by atoms with Gasteiger partial charge in [-0.2, -0.15) is 17.5 Å². The van der Waals surface area contributed by atoms with E-state index in [0.717, 1.165) is 28.1 Å². The summed E-state index contributed by atoms with van der Waals surface area (Å²) < 4.78 is 76.6. The van der Waals surface area contributed by atoms with Crippen molar-refractivity contribution in [1.82, 2.24) is 9.62 Å². The highest BCUT2D eigenvalue weighted by atomic mass is 32.2. The Morgan fingerprint density at radius 1 is 1.03 bits per heavy atom. The van der Waals surface area contributed by atoms with Crippen LogP contribution < -0.4 is 14.8 Å². The normalized spacial score (nSPS) is 17.5. The summed E-state index contributed by atoms with van der Waals surface area (Å²) in [7, 11) is -4.08. The third-order valence-electron chi connectivity index (χ3n) is 5.70. The molecule has 1 fully saturated rings. The first-order chi connectivity index (χ1) is 15.6.